The molecule has 2 aromatic rings. The van der Waals surface area contributed by atoms with Gasteiger partial charge in [-0.2, -0.15) is 0 Å². The fourth-order valence-electron chi connectivity index (χ4n) is 3.12. The quantitative estimate of drug-likeness (QED) is 0.804. The van der Waals surface area contributed by atoms with Gasteiger partial charge in [-0.1, -0.05) is 25.1 Å². The van der Waals surface area contributed by atoms with Crippen molar-refractivity contribution >= 4 is 11.6 Å². The molecule has 0 aromatic heterocycles. The summed E-state index contributed by atoms with van der Waals surface area (Å²) in [6.45, 7) is 4.07. The Balaban J connectivity index is 1.53. The van der Waals surface area contributed by atoms with E-state index in [1.165, 1.54) is 0 Å². The minimum absolute atomic E-state index is 0.148. The number of rotatable bonds is 7. The van der Waals surface area contributed by atoms with E-state index in [1.54, 1.807) is 0 Å². The van der Waals surface area contributed by atoms with Crippen molar-refractivity contribution in [2.45, 2.75) is 38.4 Å². The Morgan fingerprint density at radius 3 is 2.37 bits per heavy atom. The summed E-state index contributed by atoms with van der Waals surface area (Å²) in [6.07, 6.45) is 2.43. The fraction of sp³-hybridized carbons (Fsp3) is 0.409. The van der Waals surface area contributed by atoms with E-state index in [4.69, 9.17) is 9.47 Å². The molecule has 1 N–H and O–H groups in total. The van der Waals surface area contributed by atoms with Gasteiger partial charge in [0.2, 0.25) is 0 Å². The van der Waals surface area contributed by atoms with Crippen molar-refractivity contribution in [3.63, 3.8) is 0 Å². The van der Waals surface area contributed by atoms with Crippen molar-refractivity contribution in [1.29, 1.82) is 0 Å². The van der Waals surface area contributed by atoms with Gasteiger partial charge in [-0.15, -0.1) is 0 Å². The Labute approximate surface area is 161 Å². The molecular weight excluding hydrogens is 340 g/mol. The largest absolute Gasteiger partial charge is 0.490 e. The van der Waals surface area contributed by atoms with E-state index < -0.39 is 6.10 Å². The highest BCUT2D eigenvalue weighted by molar-refractivity contribution is 5.94. The summed E-state index contributed by atoms with van der Waals surface area (Å²) in [6, 6.07) is 17.0. The zero-order valence-electron chi connectivity index (χ0n) is 16.1. The summed E-state index contributed by atoms with van der Waals surface area (Å²) < 4.78 is 11.8. The van der Waals surface area contributed by atoms with Crippen LogP contribution in [0.5, 0.6) is 11.5 Å². The first-order valence-corrected chi connectivity index (χ1v) is 9.62. The monoisotopic (exact) mass is 368 g/mol. The second kappa shape index (κ2) is 9.42. The number of carbonyl (C=O) groups is 1. The van der Waals surface area contributed by atoms with Crippen LogP contribution in [-0.4, -0.2) is 43.2 Å². The molecule has 5 nitrogen and oxygen atoms in total. The smallest absolute Gasteiger partial charge is 0.265 e. The van der Waals surface area contributed by atoms with E-state index in [2.05, 4.69) is 17.3 Å². The molecule has 0 bridgehead atoms. The first kappa shape index (κ1) is 19.2. The molecule has 1 aliphatic heterocycles. The van der Waals surface area contributed by atoms with Crippen molar-refractivity contribution in [2.24, 2.45) is 0 Å². The van der Waals surface area contributed by atoms with Gasteiger partial charge in [-0.3, -0.25) is 4.79 Å². The number of nitrogens with one attached hydrogen (secondary N) is 1. The highest BCUT2D eigenvalue weighted by atomic mass is 16.5. The maximum Gasteiger partial charge on any atom is 0.265 e. The number of ether oxygens (including phenoxy) is 2. The molecule has 1 fully saturated rings. The van der Waals surface area contributed by atoms with Crippen LogP contribution in [0.15, 0.2) is 54.6 Å². The maximum atomic E-state index is 12.5. The van der Waals surface area contributed by atoms with Gasteiger partial charge in [-0.05, 0) is 62.7 Å². The van der Waals surface area contributed by atoms with E-state index in [0.717, 1.165) is 37.4 Å². The predicted octanol–water partition coefficient (Wildman–Crippen LogP) is 3.96. The molecule has 5 heteroatoms. The van der Waals surface area contributed by atoms with Crippen LogP contribution in [0.2, 0.25) is 0 Å². The number of piperidine rings is 1. The number of hydrogen-bond acceptors (Lipinski definition) is 4. The Bertz CT molecular complexity index is 710. The molecule has 1 saturated heterocycles. The second-order valence-electron chi connectivity index (χ2n) is 6.96. The number of para-hydroxylation sites is 1. The third-order valence-corrected chi connectivity index (χ3v) is 4.77. The van der Waals surface area contributed by atoms with Gasteiger partial charge in [0.25, 0.3) is 5.91 Å². The average molecular weight is 368 g/mol. The summed E-state index contributed by atoms with van der Waals surface area (Å²) >= 11 is 0. The van der Waals surface area contributed by atoms with E-state index in [-0.39, 0.29) is 12.0 Å². The minimum atomic E-state index is -0.525. The number of likely N-dealkylation sites (tertiary alicyclic amines) is 1. The van der Waals surface area contributed by atoms with E-state index in [1.807, 2.05) is 61.5 Å². The van der Waals surface area contributed by atoms with Crippen LogP contribution in [0.4, 0.5) is 5.69 Å². The predicted molar refractivity (Wildman–Crippen MR) is 107 cm³/mol. The van der Waals surface area contributed by atoms with Gasteiger partial charge in [0.05, 0.1) is 0 Å². The summed E-state index contributed by atoms with van der Waals surface area (Å²) in [5, 5.41) is 2.92. The van der Waals surface area contributed by atoms with Crippen molar-refractivity contribution in [3.05, 3.63) is 54.6 Å². The van der Waals surface area contributed by atoms with Gasteiger partial charge in [-0.25, -0.2) is 0 Å². The second-order valence-corrected chi connectivity index (χ2v) is 6.96. The Morgan fingerprint density at radius 1 is 1.07 bits per heavy atom. The molecule has 1 aliphatic rings. The van der Waals surface area contributed by atoms with Crippen molar-refractivity contribution in [3.8, 4) is 11.5 Å². The molecule has 0 unspecified atom stereocenters. The van der Waals surface area contributed by atoms with Crippen LogP contribution >= 0.6 is 0 Å². The maximum absolute atomic E-state index is 12.5. The molecule has 1 amide bonds. The van der Waals surface area contributed by atoms with Crippen LogP contribution in [-0.2, 0) is 4.79 Å². The van der Waals surface area contributed by atoms with Gasteiger partial charge in [0.15, 0.2) is 6.10 Å². The van der Waals surface area contributed by atoms with E-state index in [0.29, 0.717) is 12.2 Å². The van der Waals surface area contributed by atoms with Gasteiger partial charge in [0, 0.05) is 18.8 Å². The molecule has 1 heterocycles. The number of anilines is 1. The molecule has 0 aliphatic carbocycles. The minimum Gasteiger partial charge on any atom is -0.490 e. The first-order chi connectivity index (χ1) is 13.1. The summed E-state index contributed by atoms with van der Waals surface area (Å²) in [4.78, 5) is 14.8. The topological polar surface area (TPSA) is 50.8 Å². The number of nitrogens with zero attached hydrogens (tertiary/aromatic N) is 1. The molecule has 1 atom stereocenters. The standard InChI is InChI=1S/C22H28N2O3/c1-3-21(27-18-7-5-4-6-8-18)22(25)23-17-9-11-19(12-10-17)26-20-13-15-24(2)16-14-20/h4-12,20-21H,3,13-16H2,1-2H3,(H,23,25)/t21-/m0/s1. The van der Waals surface area contributed by atoms with Crippen LogP contribution in [0.1, 0.15) is 26.2 Å². The lowest BCUT2D eigenvalue weighted by Gasteiger charge is -2.29. The lowest BCUT2D eigenvalue weighted by molar-refractivity contribution is -0.122. The summed E-state index contributed by atoms with van der Waals surface area (Å²) in [5.74, 6) is 1.39. The molecule has 0 radical (unpaired) electrons. The zero-order chi connectivity index (χ0) is 19.1. The van der Waals surface area contributed by atoms with Gasteiger partial charge < -0.3 is 19.7 Å². The normalized spacial score (nSPS) is 16.5. The molecular formula is C22H28N2O3. The highest BCUT2D eigenvalue weighted by Gasteiger charge is 2.19. The van der Waals surface area contributed by atoms with E-state index >= 15 is 0 Å². The van der Waals surface area contributed by atoms with Crippen molar-refractivity contribution in [2.75, 3.05) is 25.5 Å². The third-order valence-electron chi connectivity index (χ3n) is 4.77. The number of benzene rings is 2. The number of hydrogen-bond donors (Lipinski definition) is 1. The molecule has 3 rings (SSSR count). The fourth-order valence-corrected chi connectivity index (χ4v) is 3.12. The Morgan fingerprint density at radius 2 is 1.74 bits per heavy atom. The first-order valence-electron chi connectivity index (χ1n) is 9.62. The highest BCUT2D eigenvalue weighted by Crippen LogP contribution is 2.21. The average Bonchev–Trinajstić information content (AvgIpc) is 2.70. The Kier molecular flexibility index (Phi) is 6.71. The molecule has 144 valence electrons. The SMILES string of the molecule is CC[C@H](Oc1ccccc1)C(=O)Nc1ccc(OC2CCN(C)CC2)cc1. The molecule has 27 heavy (non-hydrogen) atoms. The van der Waals surface area contributed by atoms with Gasteiger partial charge >= 0.3 is 0 Å². The molecule has 2 aromatic carbocycles. The Hall–Kier alpha value is -2.53. The molecule has 0 saturated carbocycles. The third kappa shape index (κ3) is 5.73. The lowest BCUT2D eigenvalue weighted by Crippen LogP contribution is -2.35. The van der Waals surface area contributed by atoms with Gasteiger partial charge in [0.1, 0.15) is 17.6 Å². The number of amides is 1. The van der Waals surface area contributed by atoms with Crippen LogP contribution in [0, 0.1) is 0 Å². The summed E-state index contributed by atoms with van der Waals surface area (Å²) in [5.41, 5.74) is 0.742. The lowest BCUT2D eigenvalue weighted by atomic mass is 10.1. The van der Waals surface area contributed by atoms with Crippen LogP contribution < -0.4 is 14.8 Å². The van der Waals surface area contributed by atoms with Crippen LogP contribution in [0.3, 0.4) is 0 Å². The van der Waals surface area contributed by atoms with E-state index in [9.17, 15) is 4.79 Å². The molecule has 0 spiro atoms. The van der Waals surface area contributed by atoms with Crippen molar-refractivity contribution in [1.82, 2.24) is 4.90 Å². The zero-order valence-corrected chi connectivity index (χ0v) is 16.1. The summed E-state index contributed by atoms with van der Waals surface area (Å²) in [7, 11) is 2.14. The van der Waals surface area contributed by atoms with Crippen molar-refractivity contribution < 1.29 is 14.3 Å². The van der Waals surface area contributed by atoms with Crippen LogP contribution in [0.25, 0.3) is 0 Å². The number of carbonyl (C=O) groups excluding carboxylic acids is 1.